The van der Waals surface area contributed by atoms with Crippen LogP contribution in [-0.4, -0.2) is 21.3 Å². The minimum Gasteiger partial charge on any atom is -0.328 e. The first-order valence-electron chi connectivity index (χ1n) is 5.32. The number of hydrogen-bond donors (Lipinski definition) is 1. The molecule has 1 heterocycles. The van der Waals surface area contributed by atoms with E-state index in [4.69, 9.17) is 11.0 Å². The van der Waals surface area contributed by atoms with E-state index in [1.54, 1.807) is 4.68 Å². The van der Waals surface area contributed by atoms with Crippen LogP contribution in [0, 0.1) is 18.3 Å². The van der Waals surface area contributed by atoms with Crippen molar-refractivity contribution in [3.05, 3.63) is 47.5 Å². The van der Waals surface area contributed by atoms with E-state index < -0.39 is 0 Å². The Morgan fingerprint density at radius 2 is 2.12 bits per heavy atom. The van der Waals surface area contributed by atoms with E-state index in [9.17, 15) is 0 Å². The van der Waals surface area contributed by atoms with Crippen LogP contribution in [-0.2, 0) is 0 Å². The van der Waals surface area contributed by atoms with Gasteiger partial charge in [0.15, 0.2) is 0 Å². The second-order valence-corrected chi connectivity index (χ2v) is 3.82. The third-order valence-electron chi connectivity index (χ3n) is 2.61. The molecule has 1 atom stereocenters. The van der Waals surface area contributed by atoms with Gasteiger partial charge in [-0.3, -0.25) is 0 Å². The minimum atomic E-state index is -0.0785. The van der Waals surface area contributed by atoms with Crippen LogP contribution < -0.4 is 5.73 Å². The molecule has 0 spiro atoms. The molecule has 17 heavy (non-hydrogen) atoms. The average molecular weight is 227 g/mol. The predicted molar refractivity (Wildman–Crippen MR) is 63.1 cm³/mol. The lowest BCUT2D eigenvalue weighted by Gasteiger charge is -2.15. The van der Waals surface area contributed by atoms with Gasteiger partial charge >= 0.3 is 0 Å². The maximum atomic E-state index is 8.69. The standard InChI is InChI=1S/C12H13N5/c1-9-2-4-10(5-3-9)11(6-13)17-8-15-12(7-14)16-17/h2-5,8,11H,6,13H2,1H3. The summed E-state index contributed by atoms with van der Waals surface area (Å²) in [6.45, 7) is 2.45. The molecular weight excluding hydrogens is 214 g/mol. The summed E-state index contributed by atoms with van der Waals surface area (Å²) in [7, 11) is 0. The van der Waals surface area contributed by atoms with Gasteiger partial charge in [-0.2, -0.15) is 5.26 Å². The smallest absolute Gasteiger partial charge is 0.252 e. The van der Waals surface area contributed by atoms with Crippen LogP contribution in [0.15, 0.2) is 30.6 Å². The molecule has 0 bridgehead atoms. The fourth-order valence-corrected chi connectivity index (χ4v) is 1.66. The van der Waals surface area contributed by atoms with Gasteiger partial charge in [0.05, 0.1) is 6.04 Å². The molecular formula is C12H13N5. The van der Waals surface area contributed by atoms with Crippen LogP contribution in [0.5, 0.6) is 0 Å². The molecule has 0 aliphatic rings. The summed E-state index contributed by atoms with van der Waals surface area (Å²) in [5, 5.41) is 12.8. The van der Waals surface area contributed by atoms with E-state index in [0.29, 0.717) is 6.54 Å². The number of nitrogens with two attached hydrogens (primary N) is 1. The van der Waals surface area contributed by atoms with Gasteiger partial charge < -0.3 is 5.73 Å². The Bertz CT molecular complexity index is 535. The summed E-state index contributed by atoms with van der Waals surface area (Å²) in [5.41, 5.74) is 8.01. The largest absolute Gasteiger partial charge is 0.328 e. The molecule has 5 nitrogen and oxygen atoms in total. The molecule has 0 aliphatic carbocycles. The summed E-state index contributed by atoms with van der Waals surface area (Å²) in [4.78, 5) is 3.88. The van der Waals surface area contributed by atoms with Crippen LogP contribution in [0.4, 0.5) is 0 Å². The number of aryl methyl sites for hydroxylation is 1. The van der Waals surface area contributed by atoms with Crippen molar-refractivity contribution < 1.29 is 0 Å². The number of nitrogens with zero attached hydrogens (tertiary/aromatic N) is 4. The van der Waals surface area contributed by atoms with Crippen LogP contribution in [0.3, 0.4) is 0 Å². The van der Waals surface area contributed by atoms with Crippen molar-refractivity contribution in [2.24, 2.45) is 5.73 Å². The van der Waals surface area contributed by atoms with Crippen molar-refractivity contribution in [1.82, 2.24) is 14.8 Å². The van der Waals surface area contributed by atoms with Gasteiger partial charge in [-0.25, -0.2) is 9.67 Å². The Kier molecular flexibility index (Phi) is 3.17. The van der Waals surface area contributed by atoms with Crippen molar-refractivity contribution in [3.63, 3.8) is 0 Å². The SMILES string of the molecule is Cc1ccc(C(CN)n2cnc(C#N)n2)cc1. The molecule has 1 aromatic heterocycles. The summed E-state index contributed by atoms with van der Waals surface area (Å²) in [5.74, 6) is 0.163. The Labute approximate surface area is 99.5 Å². The summed E-state index contributed by atoms with van der Waals surface area (Å²) < 4.78 is 1.63. The summed E-state index contributed by atoms with van der Waals surface area (Å²) >= 11 is 0. The highest BCUT2D eigenvalue weighted by Crippen LogP contribution is 2.16. The van der Waals surface area contributed by atoms with Gasteiger partial charge in [-0.1, -0.05) is 29.8 Å². The third-order valence-corrected chi connectivity index (χ3v) is 2.61. The molecule has 86 valence electrons. The first kappa shape index (κ1) is 11.3. The Morgan fingerprint density at radius 1 is 1.41 bits per heavy atom. The van der Waals surface area contributed by atoms with Gasteiger partial charge in [0.2, 0.25) is 0 Å². The Hall–Kier alpha value is -2.19. The van der Waals surface area contributed by atoms with Gasteiger partial charge in [-0.05, 0) is 12.5 Å². The van der Waals surface area contributed by atoms with Gasteiger partial charge in [0.25, 0.3) is 5.82 Å². The highest BCUT2D eigenvalue weighted by Gasteiger charge is 2.13. The van der Waals surface area contributed by atoms with Crippen LogP contribution >= 0.6 is 0 Å². The first-order valence-corrected chi connectivity index (χ1v) is 5.32. The van der Waals surface area contributed by atoms with Gasteiger partial charge in [0, 0.05) is 6.54 Å². The monoisotopic (exact) mass is 227 g/mol. The van der Waals surface area contributed by atoms with E-state index in [1.165, 1.54) is 11.9 Å². The van der Waals surface area contributed by atoms with E-state index >= 15 is 0 Å². The van der Waals surface area contributed by atoms with Crippen molar-refractivity contribution in [3.8, 4) is 6.07 Å². The molecule has 1 aromatic carbocycles. The van der Waals surface area contributed by atoms with Gasteiger partial charge in [0.1, 0.15) is 12.4 Å². The van der Waals surface area contributed by atoms with Crippen molar-refractivity contribution in [2.45, 2.75) is 13.0 Å². The number of hydrogen-bond acceptors (Lipinski definition) is 4. The van der Waals surface area contributed by atoms with Crippen molar-refractivity contribution in [2.75, 3.05) is 6.54 Å². The minimum absolute atomic E-state index is 0.0785. The van der Waals surface area contributed by atoms with Crippen LogP contribution in [0.1, 0.15) is 23.0 Å². The molecule has 0 saturated heterocycles. The molecule has 2 rings (SSSR count). The zero-order valence-electron chi connectivity index (χ0n) is 9.54. The average Bonchev–Trinajstić information content (AvgIpc) is 2.81. The van der Waals surface area contributed by atoms with Crippen molar-refractivity contribution in [1.29, 1.82) is 5.26 Å². The maximum Gasteiger partial charge on any atom is 0.252 e. The number of aromatic nitrogens is 3. The predicted octanol–water partition coefficient (Wildman–Crippen LogP) is 1.01. The maximum absolute atomic E-state index is 8.69. The van der Waals surface area contributed by atoms with E-state index in [0.717, 1.165) is 5.56 Å². The molecule has 2 aromatic rings. The number of nitriles is 1. The molecule has 2 N–H and O–H groups in total. The number of benzene rings is 1. The normalized spacial score (nSPS) is 12.1. The van der Waals surface area contributed by atoms with Crippen molar-refractivity contribution >= 4 is 0 Å². The fraction of sp³-hybridized carbons (Fsp3) is 0.250. The summed E-state index contributed by atoms with van der Waals surface area (Å²) in [6, 6.07) is 9.91. The lowest BCUT2D eigenvalue weighted by atomic mass is 10.1. The van der Waals surface area contributed by atoms with E-state index in [-0.39, 0.29) is 11.9 Å². The molecule has 0 amide bonds. The first-order chi connectivity index (χ1) is 8.24. The molecule has 1 unspecified atom stereocenters. The molecule has 0 saturated carbocycles. The molecule has 0 aliphatic heterocycles. The zero-order chi connectivity index (χ0) is 12.3. The van der Waals surface area contributed by atoms with Gasteiger partial charge in [-0.15, -0.1) is 5.10 Å². The van der Waals surface area contributed by atoms with Crippen LogP contribution in [0.25, 0.3) is 0 Å². The highest BCUT2D eigenvalue weighted by molar-refractivity contribution is 5.25. The van der Waals surface area contributed by atoms with E-state index in [1.807, 2.05) is 37.3 Å². The second kappa shape index (κ2) is 4.76. The Balaban J connectivity index is 2.33. The summed E-state index contributed by atoms with van der Waals surface area (Å²) in [6.07, 6.45) is 1.54. The topological polar surface area (TPSA) is 80.5 Å². The molecule has 0 radical (unpaired) electrons. The zero-order valence-corrected chi connectivity index (χ0v) is 9.54. The van der Waals surface area contributed by atoms with E-state index in [2.05, 4.69) is 10.1 Å². The highest BCUT2D eigenvalue weighted by atomic mass is 15.3. The lowest BCUT2D eigenvalue weighted by molar-refractivity contribution is 0.529. The molecule has 5 heteroatoms. The number of rotatable bonds is 3. The quantitative estimate of drug-likeness (QED) is 0.848. The lowest BCUT2D eigenvalue weighted by Crippen LogP contribution is -2.21. The van der Waals surface area contributed by atoms with Crippen LogP contribution in [0.2, 0.25) is 0 Å². The second-order valence-electron chi connectivity index (χ2n) is 3.82. The Morgan fingerprint density at radius 3 is 2.65 bits per heavy atom. The molecule has 0 fully saturated rings. The third kappa shape index (κ3) is 2.32. The fourth-order valence-electron chi connectivity index (χ4n) is 1.66.